The van der Waals surface area contributed by atoms with Crippen molar-refractivity contribution in [3.63, 3.8) is 0 Å². The summed E-state index contributed by atoms with van der Waals surface area (Å²) in [6.07, 6.45) is -1.28. The number of H-pyrrole nitrogens is 1. The third kappa shape index (κ3) is 5.25. The van der Waals surface area contributed by atoms with Gasteiger partial charge >= 0.3 is 6.09 Å². The van der Waals surface area contributed by atoms with Gasteiger partial charge in [0.2, 0.25) is 11.8 Å². The molecular weight excluding hydrogens is 412 g/mol. The minimum atomic E-state index is -0.823. The number of nitrogens with zero attached hydrogens (tertiary/aromatic N) is 2. The molecule has 0 bridgehead atoms. The van der Waals surface area contributed by atoms with Crippen molar-refractivity contribution in [3.8, 4) is 11.6 Å². The standard InChI is InChI=1S/C23H24N4O5/c1-15-11-21(26-25-15)32-19-9-7-17(8-10-19)24-22(29)20-12-18(28)13-27(20)23(30)31-14-16-5-3-2-4-6-16/h2-11,18,20,28H,12-14H2,1H3,(H,24,29)(H,25,26)/t18-,20+/m1/s1. The van der Waals surface area contributed by atoms with Crippen molar-refractivity contribution in [2.75, 3.05) is 11.9 Å². The highest BCUT2D eigenvalue weighted by Crippen LogP contribution is 2.24. The number of aryl methyl sites for hydroxylation is 1. The highest BCUT2D eigenvalue weighted by atomic mass is 16.6. The molecule has 2 heterocycles. The van der Waals surface area contributed by atoms with Crippen LogP contribution in [0.5, 0.6) is 11.6 Å². The number of aromatic amines is 1. The fraction of sp³-hybridized carbons (Fsp3) is 0.261. The summed E-state index contributed by atoms with van der Waals surface area (Å²) in [7, 11) is 0. The number of anilines is 1. The molecule has 1 saturated heterocycles. The minimum absolute atomic E-state index is 0.0432. The van der Waals surface area contributed by atoms with E-state index < -0.39 is 24.1 Å². The first-order chi connectivity index (χ1) is 15.5. The van der Waals surface area contributed by atoms with E-state index in [1.54, 1.807) is 30.3 Å². The lowest BCUT2D eigenvalue weighted by molar-refractivity contribution is -0.120. The van der Waals surface area contributed by atoms with E-state index in [9.17, 15) is 14.7 Å². The van der Waals surface area contributed by atoms with Gasteiger partial charge in [0.1, 0.15) is 18.4 Å². The maximum atomic E-state index is 12.8. The smallest absolute Gasteiger partial charge is 0.410 e. The van der Waals surface area contributed by atoms with E-state index in [1.807, 2.05) is 37.3 Å². The van der Waals surface area contributed by atoms with Crippen LogP contribution in [0.3, 0.4) is 0 Å². The number of carbonyl (C=O) groups is 2. The highest BCUT2D eigenvalue weighted by molar-refractivity contribution is 5.97. The SMILES string of the molecule is Cc1cc(Oc2ccc(NC(=O)[C@@H]3C[C@@H](O)CN3C(=O)OCc3ccccc3)cc2)n[nH]1. The second-order valence-electron chi connectivity index (χ2n) is 7.60. The Labute approximate surface area is 185 Å². The van der Waals surface area contributed by atoms with Crippen LogP contribution in [0.2, 0.25) is 0 Å². The number of rotatable bonds is 6. The Morgan fingerprint density at radius 1 is 1.19 bits per heavy atom. The molecule has 1 aliphatic rings. The van der Waals surface area contributed by atoms with Crippen molar-refractivity contribution in [1.82, 2.24) is 15.1 Å². The van der Waals surface area contributed by atoms with Crippen LogP contribution < -0.4 is 10.1 Å². The molecule has 0 radical (unpaired) electrons. The van der Waals surface area contributed by atoms with Crippen molar-refractivity contribution < 1.29 is 24.2 Å². The van der Waals surface area contributed by atoms with E-state index >= 15 is 0 Å². The molecule has 1 aromatic heterocycles. The second kappa shape index (κ2) is 9.52. The first kappa shape index (κ1) is 21.4. The number of aliphatic hydroxyl groups is 1. The maximum absolute atomic E-state index is 12.8. The second-order valence-corrected chi connectivity index (χ2v) is 7.60. The summed E-state index contributed by atoms with van der Waals surface area (Å²) in [6, 6.07) is 17.0. The molecule has 9 nitrogen and oxygen atoms in total. The third-order valence-electron chi connectivity index (χ3n) is 5.05. The van der Waals surface area contributed by atoms with Gasteiger partial charge in [-0.05, 0) is 36.8 Å². The minimum Gasteiger partial charge on any atom is -0.445 e. The summed E-state index contributed by atoms with van der Waals surface area (Å²) in [6.45, 7) is 2.01. The average Bonchev–Trinajstić information content (AvgIpc) is 3.39. The van der Waals surface area contributed by atoms with Crippen LogP contribution in [0.25, 0.3) is 0 Å². The molecule has 0 saturated carbocycles. The quantitative estimate of drug-likeness (QED) is 0.546. The summed E-state index contributed by atoms with van der Waals surface area (Å²) >= 11 is 0. The number of carbonyl (C=O) groups excluding carboxylic acids is 2. The van der Waals surface area contributed by atoms with Gasteiger partial charge in [-0.2, -0.15) is 0 Å². The van der Waals surface area contributed by atoms with E-state index in [0.717, 1.165) is 11.3 Å². The first-order valence-electron chi connectivity index (χ1n) is 10.2. The molecule has 9 heteroatoms. The molecule has 0 spiro atoms. The summed E-state index contributed by atoms with van der Waals surface area (Å²) in [5, 5.41) is 19.6. The van der Waals surface area contributed by atoms with Gasteiger partial charge in [-0.15, -0.1) is 5.10 Å². The van der Waals surface area contributed by atoms with Crippen LogP contribution in [0, 0.1) is 6.92 Å². The molecule has 2 aromatic carbocycles. The van der Waals surface area contributed by atoms with Gasteiger partial charge in [0, 0.05) is 23.9 Å². The zero-order chi connectivity index (χ0) is 22.5. The topological polar surface area (TPSA) is 117 Å². The molecule has 3 N–H and O–H groups in total. The lowest BCUT2D eigenvalue weighted by Gasteiger charge is -2.23. The molecule has 166 valence electrons. The molecule has 0 aliphatic carbocycles. The van der Waals surface area contributed by atoms with Crippen molar-refractivity contribution in [2.45, 2.75) is 32.1 Å². The average molecular weight is 436 g/mol. The van der Waals surface area contributed by atoms with Crippen LogP contribution >= 0.6 is 0 Å². The molecule has 1 aliphatic heterocycles. The molecule has 0 unspecified atom stereocenters. The van der Waals surface area contributed by atoms with E-state index in [2.05, 4.69) is 15.5 Å². The Morgan fingerprint density at radius 2 is 1.94 bits per heavy atom. The number of nitrogens with one attached hydrogen (secondary N) is 2. The number of ether oxygens (including phenoxy) is 2. The largest absolute Gasteiger partial charge is 0.445 e. The summed E-state index contributed by atoms with van der Waals surface area (Å²) in [5.74, 6) is 0.621. The van der Waals surface area contributed by atoms with Gasteiger partial charge in [0.25, 0.3) is 0 Å². The van der Waals surface area contributed by atoms with E-state index in [4.69, 9.17) is 9.47 Å². The van der Waals surface area contributed by atoms with Crippen molar-refractivity contribution in [1.29, 1.82) is 0 Å². The van der Waals surface area contributed by atoms with E-state index in [-0.39, 0.29) is 19.6 Å². The fourth-order valence-electron chi connectivity index (χ4n) is 3.46. The summed E-state index contributed by atoms with van der Waals surface area (Å²) in [4.78, 5) is 26.6. The number of benzene rings is 2. The number of hydrogen-bond acceptors (Lipinski definition) is 6. The summed E-state index contributed by atoms with van der Waals surface area (Å²) in [5.41, 5.74) is 2.27. The van der Waals surface area contributed by atoms with E-state index in [0.29, 0.717) is 17.3 Å². The molecule has 2 atom stereocenters. The van der Waals surface area contributed by atoms with Crippen LogP contribution in [0.4, 0.5) is 10.5 Å². The van der Waals surface area contributed by atoms with Crippen LogP contribution in [0.1, 0.15) is 17.7 Å². The van der Waals surface area contributed by atoms with Crippen molar-refractivity contribution in [2.24, 2.45) is 0 Å². The zero-order valence-corrected chi connectivity index (χ0v) is 17.5. The monoisotopic (exact) mass is 436 g/mol. The van der Waals surface area contributed by atoms with Gasteiger partial charge in [0.15, 0.2) is 0 Å². The molecule has 32 heavy (non-hydrogen) atoms. The normalized spacial score (nSPS) is 17.8. The van der Waals surface area contributed by atoms with Crippen LogP contribution in [-0.2, 0) is 16.1 Å². The molecule has 4 rings (SSSR count). The Hall–Kier alpha value is -3.85. The van der Waals surface area contributed by atoms with Gasteiger partial charge in [-0.25, -0.2) is 4.79 Å². The Bertz CT molecular complexity index is 1070. The number of hydrogen-bond donors (Lipinski definition) is 3. The molecule has 2 amide bonds. The van der Waals surface area contributed by atoms with Crippen molar-refractivity contribution >= 4 is 17.7 Å². The molecular formula is C23H24N4O5. The van der Waals surface area contributed by atoms with E-state index in [1.165, 1.54) is 4.90 Å². The number of β-amino-alcohol motifs (C(OH)–C–C–N with tert-alkyl or cyclic N) is 1. The number of aromatic nitrogens is 2. The molecule has 1 fully saturated rings. The van der Waals surface area contributed by atoms with Crippen LogP contribution in [-0.4, -0.2) is 50.9 Å². The third-order valence-corrected chi connectivity index (χ3v) is 5.05. The Balaban J connectivity index is 1.35. The van der Waals surface area contributed by atoms with Crippen molar-refractivity contribution in [3.05, 3.63) is 71.9 Å². The first-order valence-corrected chi connectivity index (χ1v) is 10.2. The maximum Gasteiger partial charge on any atom is 0.410 e. The number of likely N-dealkylation sites (tertiary alicyclic amines) is 1. The molecule has 3 aromatic rings. The Morgan fingerprint density at radius 3 is 2.62 bits per heavy atom. The lowest BCUT2D eigenvalue weighted by atomic mass is 10.2. The van der Waals surface area contributed by atoms with Gasteiger partial charge in [-0.3, -0.25) is 14.8 Å². The Kier molecular flexibility index (Phi) is 6.37. The van der Waals surface area contributed by atoms with Crippen LogP contribution in [0.15, 0.2) is 60.7 Å². The number of aliphatic hydroxyl groups excluding tert-OH is 1. The highest BCUT2D eigenvalue weighted by Gasteiger charge is 2.39. The summed E-state index contributed by atoms with van der Waals surface area (Å²) < 4.78 is 11.0. The lowest BCUT2D eigenvalue weighted by Crippen LogP contribution is -2.43. The fourth-order valence-corrected chi connectivity index (χ4v) is 3.46. The predicted molar refractivity (Wildman–Crippen MR) is 116 cm³/mol. The van der Waals surface area contributed by atoms with Gasteiger partial charge in [0.05, 0.1) is 12.6 Å². The number of amides is 2. The van der Waals surface area contributed by atoms with Gasteiger partial charge in [-0.1, -0.05) is 30.3 Å². The van der Waals surface area contributed by atoms with Gasteiger partial charge < -0.3 is 19.9 Å². The zero-order valence-electron chi connectivity index (χ0n) is 17.5. The predicted octanol–water partition coefficient (Wildman–Crippen LogP) is 3.22.